The van der Waals surface area contributed by atoms with Gasteiger partial charge < -0.3 is 10.2 Å². The molecule has 2 aromatic carbocycles. The first kappa shape index (κ1) is 23.3. The fraction of sp³-hybridized carbons (Fsp3) is 0.296. The molecule has 0 saturated carbocycles. The molecule has 5 amide bonds. The van der Waals surface area contributed by atoms with Crippen LogP contribution in [0.15, 0.2) is 42.5 Å². The molecule has 0 spiro atoms. The summed E-state index contributed by atoms with van der Waals surface area (Å²) in [4.78, 5) is 65.2. The number of para-hydroxylation sites is 1. The molecule has 1 saturated heterocycles. The van der Waals surface area contributed by atoms with Gasteiger partial charge in [-0.15, -0.1) is 0 Å². The van der Waals surface area contributed by atoms with Crippen LogP contribution in [0.5, 0.6) is 0 Å². The van der Waals surface area contributed by atoms with Gasteiger partial charge in [-0.3, -0.25) is 34.2 Å². The van der Waals surface area contributed by atoms with Crippen molar-refractivity contribution in [3.8, 4) is 11.8 Å². The highest BCUT2D eigenvalue weighted by Gasteiger charge is 2.44. The minimum atomic E-state index is -1.01. The minimum absolute atomic E-state index is 0.0649. The number of nitrogens with one attached hydrogen (secondary N) is 2. The van der Waals surface area contributed by atoms with Crippen LogP contribution in [0.25, 0.3) is 0 Å². The Morgan fingerprint density at radius 2 is 1.83 bits per heavy atom. The highest BCUT2D eigenvalue weighted by Crippen LogP contribution is 2.34. The van der Waals surface area contributed by atoms with Gasteiger partial charge >= 0.3 is 0 Å². The van der Waals surface area contributed by atoms with E-state index in [1.807, 2.05) is 31.3 Å². The Kier molecular flexibility index (Phi) is 6.02. The van der Waals surface area contributed by atoms with Crippen molar-refractivity contribution in [3.05, 3.63) is 64.7 Å². The maximum atomic E-state index is 12.9. The van der Waals surface area contributed by atoms with Gasteiger partial charge in [0.2, 0.25) is 17.7 Å². The number of carbonyl (C=O) groups excluding carboxylic acids is 5. The highest BCUT2D eigenvalue weighted by atomic mass is 16.2. The Labute approximate surface area is 207 Å². The molecule has 3 aliphatic heterocycles. The van der Waals surface area contributed by atoms with Crippen molar-refractivity contribution in [1.82, 2.24) is 15.5 Å². The number of amides is 5. The quantitative estimate of drug-likeness (QED) is 0.499. The molecule has 2 atom stereocenters. The molecule has 9 heteroatoms. The molecule has 182 valence electrons. The zero-order valence-electron chi connectivity index (χ0n) is 19.7. The fourth-order valence-corrected chi connectivity index (χ4v) is 4.95. The predicted molar refractivity (Wildman–Crippen MR) is 130 cm³/mol. The van der Waals surface area contributed by atoms with Gasteiger partial charge in [0.25, 0.3) is 11.8 Å². The van der Waals surface area contributed by atoms with Gasteiger partial charge in [-0.1, -0.05) is 30.0 Å². The molecule has 0 aliphatic carbocycles. The van der Waals surface area contributed by atoms with E-state index in [9.17, 15) is 24.0 Å². The van der Waals surface area contributed by atoms with Crippen molar-refractivity contribution >= 4 is 35.2 Å². The monoisotopic (exact) mass is 484 g/mol. The van der Waals surface area contributed by atoms with Gasteiger partial charge in [0.1, 0.15) is 6.04 Å². The van der Waals surface area contributed by atoms with Crippen LogP contribution in [-0.2, 0) is 14.4 Å². The summed E-state index contributed by atoms with van der Waals surface area (Å²) in [5.41, 5.74) is 2.93. The first-order valence-electron chi connectivity index (χ1n) is 11.8. The van der Waals surface area contributed by atoms with Crippen molar-refractivity contribution in [2.45, 2.75) is 31.2 Å². The van der Waals surface area contributed by atoms with Gasteiger partial charge in [0, 0.05) is 31.3 Å². The Morgan fingerprint density at radius 1 is 1.06 bits per heavy atom. The third-order valence-electron chi connectivity index (χ3n) is 6.82. The molecule has 36 heavy (non-hydrogen) atoms. The second kappa shape index (κ2) is 9.30. The Balaban J connectivity index is 1.25. The standard InChI is InChI=1S/C27H24N4O5/c1-30-14-12-18(17-6-2-3-7-21(17)30)24(33)28-13-4-5-16-8-9-19-20(15-16)27(36)31(26(19)35)22-10-11-23(32)29-25(22)34/h2-3,6-9,15,18,22H,10-14H2,1H3,(H,28,33)(H,29,32,34). The Bertz CT molecular complexity index is 1370. The number of hydrogen-bond acceptors (Lipinski definition) is 6. The van der Waals surface area contributed by atoms with Gasteiger partial charge in [-0.05, 0) is 42.7 Å². The summed E-state index contributed by atoms with van der Waals surface area (Å²) in [5.74, 6) is 3.30. The number of rotatable bonds is 3. The van der Waals surface area contributed by atoms with Crippen LogP contribution in [0.1, 0.15) is 57.0 Å². The van der Waals surface area contributed by atoms with Crippen molar-refractivity contribution in [2.75, 3.05) is 25.0 Å². The molecule has 2 aromatic rings. The highest BCUT2D eigenvalue weighted by molar-refractivity contribution is 6.23. The molecule has 0 aromatic heterocycles. The third kappa shape index (κ3) is 4.11. The van der Waals surface area contributed by atoms with E-state index in [4.69, 9.17) is 0 Å². The van der Waals surface area contributed by atoms with Gasteiger partial charge in [-0.2, -0.15) is 0 Å². The van der Waals surface area contributed by atoms with Crippen LogP contribution in [0.2, 0.25) is 0 Å². The lowest BCUT2D eigenvalue weighted by atomic mass is 9.89. The number of anilines is 1. The second-order valence-corrected chi connectivity index (χ2v) is 9.05. The molecular formula is C27H24N4O5. The minimum Gasteiger partial charge on any atom is -0.374 e. The number of carbonyl (C=O) groups is 5. The van der Waals surface area contributed by atoms with E-state index in [2.05, 4.69) is 27.4 Å². The van der Waals surface area contributed by atoms with E-state index in [1.54, 1.807) is 6.07 Å². The molecule has 2 unspecified atom stereocenters. The summed E-state index contributed by atoms with van der Waals surface area (Å²) in [6, 6.07) is 11.5. The average molecular weight is 485 g/mol. The van der Waals surface area contributed by atoms with Crippen LogP contribution >= 0.6 is 0 Å². The van der Waals surface area contributed by atoms with Crippen LogP contribution in [0, 0.1) is 11.8 Å². The first-order valence-corrected chi connectivity index (χ1v) is 11.8. The Hall–Kier alpha value is -4.45. The predicted octanol–water partition coefficient (Wildman–Crippen LogP) is 1.18. The van der Waals surface area contributed by atoms with E-state index in [0.717, 1.165) is 29.1 Å². The number of hydrogen-bond donors (Lipinski definition) is 2. The molecule has 3 aliphatic rings. The van der Waals surface area contributed by atoms with Crippen molar-refractivity contribution < 1.29 is 24.0 Å². The normalized spacial score (nSPS) is 20.8. The SMILES string of the molecule is CN1CCC(C(=O)NCC#Cc2ccc3c(c2)C(=O)N(C2CCC(=O)NC2=O)C3=O)c2ccccc21. The smallest absolute Gasteiger partial charge is 0.262 e. The maximum Gasteiger partial charge on any atom is 0.262 e. The van der Waals surface area contributed by atoms with Crippen LogP contribution < -0.4 is 15.5 Å². The van der Waals surface area contributed by atoms with Gasteiger partial charge in [0.15, 0.2) is 0 Å². The van der Waals surface area contributed by atoms with Crippen LogP contribution in [-0.4, -0.2) is 60.6 Å². The summed E-state index contributed by atoms with van der Waals surface area (Å²) in [6.45, 7) is 0.929. The van der Waals surface area contributed by atoms with Crippen molar-refractivity contribution in [1.29, 1.82) is 0 Å². The topological polar surface area (TPSA) is 116 Å². The number of benzene rings is 2. The molecular weight excluding hydrogens is 460 g/mol. The van der Waals surface area contributed by atoms with Gasteiger partial charge in [-0.25, -0.2) is 0 Å². The van der Waals surface area contributed by atoms with Crippen molar-refractivity contribution in [3.63, 3.8) is 0 Å². The molecule has 9 nitrogen and oxygen atoms in total. The zero-order chi connectivity index (χ0) is 25.4. The third-order valence-corrected chi connectivity index (χ3v) is 6.82. The van der Waals surface area contributed by atoms with E-state index in [1.165, 1.54) is 12.1 Å². The Morgan fingerprint density at radius 3 is 2.64 bits per heavy atom. The first-order chi connectivity index (χ1) is 17.3. The summed E-state index contributed by atoms with van der Waals surface area (Å²) in [6.07, 6.45) is 0.886. The largest absolute Gasteiger partial charge is 0.374 e. The summed E-state index contributed by atoms with van der Waals surface area (Å²) in [7, 11) is 2.01. The molecule has 0 radical (unpaired) electrons. The number of piperidine rings is 1. The van der Waals surface area contributed by atoms with Crippen molar-refractivity contribution in [2.24, 2.45) is 0 Å². The van der Waals surface area contributed by atoms with E-state index in [-0.39, 0.29) is 42.3 Å². The number of fused-ring (bicyclic) bond motifs is 2. The zero-order valence-corrected chi connectivity index (χ0v) is 19.7. The lowest BCUT2D eigenvalue weighted by Gasteiger charge is -2.32. The lowest BCUT2D eigenvalue weighted by Crippen LogP contribution is -2.54. The summed E-state index contributed by atoms with van der Waals surface area (Å²) in [5, 5.41) is 5.05. The molecule has 0 bridgehead atoms. The molecule has 2 N–H and O–H groups in total. The number of nitrogens with zero attached hydrogens (tertiary/aromatic N) is 2. The van der Waals surface area contributed by atoms with E-state index < -0.39 is 29.7 Å². The van der Waals surface area contributed by atoms with Crippen LogP contribution in [0.4, 0.5) is 5.69 Å². The number of imide groups is 2. The van der Waals surface area contributed by atoms with E-state index >= 15 is 0 Å². The average Bonchev–Trinajstić information content (AvgIpc) is 3.11. The maximum absolute atomic E-state index is 12.9. The fourth-order valence-electron chi connectivity index (χ4n) is 4.95. The lowest BCUT2D eigenvalue weighted by molar-refractivity contribution is -0.136. The summed E-state index contributed by atoms with van der Waals surface area (Å²) < 4.78 is 0. The van der Waals surface area contributed by atoms with E-state index in [0.29, 0.717) is 5.56 Å². The van der Waals surface area contributed by atoms with Crippen LogP contribution in [0.3, 0.4) is 0 Å². The second-order valence-electron chi connectivity index (χ2n) is 9.05. The summed E-state index contributed by atoms with van der Waals surface area (Å²) >= 11 is 0. The van der Waals surface area contributed by atoms with Gasteiger partial charge in [0.05, 0.1) is 23.6 Å². The molecule has 5 rings (SSSR count). The molecule has 1 fully saturated rings. The molecule has 3 heterocycles.